The zero-order valence-electron chi connectivity index (χ0n) is 12.9. The number of hydrogen-bond donors (Lipinski definition) is 1. The molecule has 0 spiro atoms. The minimum absolute atomic E-state index is 0.0688. The van der Waals surface area contributed by atoms with Crippen molar-refractivity contribution in [3.63, 3.8) is 0 Å². The van der Waals surface area contributed by atoms with Gasteiger partial charge in [0.05, 0.1) is 3.79 Å². The second kappa shape index (κ2) is 6.28. The van der Waals surface area contributed by atoms with Crippen molar-refractivity contribution in [3.05, 3.63) is 14.7 Å². The maximum absolute atomic E-state index is 12.7. The van der Waals surface area contributed by atoms with Crippen molar-refractivity contribution in [2.75, 3.05) is 13.6 Å². The molecule has 0 radical (unpaired) electrons. The van der Waals surface area contributed by atoms with Gasteiger partial charge in [-0.3, -0.25) is 0 Å². The minimum Gasteiger partial charge on any atom is -0.309 e. The zero-order chi connectivity index (χ0) is 15.8. The summed E-state index contributed by atoms with van der Waals surface area (Å²) in [5, 5.41) is 3.41. The molecule has 0 aliphatic heterocycles. The van der Waals surface area contributed by atoms with Crippen molar-refractivity contribution in [2.45, 2.75) is 51.1 Å². The van der Waals surface area contributed by atoms with Gasteiger partial charge in [0.25, 0.3) is 0 Å². The highest BCUT2D eigenvalue weighted by Gasteiger charge is 2.29. The molecule has 7 heteroatoms. The average Bonchev–Trinajstić information content (AvgIpc) is 3.07. The van der Waals surface area contributed by atoms with E-state index in [9.17, 15) is 8.42 Å². The fourth-order valence-electron chi connectivity index (χ4n) is 2.11. The van der Waals surface area contributed by atoms with Gasteiger partial charge in [-0.1, -0.05) is 20.8 Å². The van der Waals surface area contributed by atoms with Crippen LogP contribution in [-0.2, 0) is 16.6 Å². The smallest absolute Gasteiger partial charge is 0.244 e. The second-order valence-electron chi connectivity index (χ2n) is 6.83. The molecular formula is C14H23BrN2O2S2. The third kappa shape index (κ3) is 4.76. The Morgan fingerprint density at radius 3 is 2.57 bits per heavy atom. The molecule has 120 valence electrons. The first kappa shape index (κ1) is 17.4. The number of sulfonamides is 1. The van der Waals surface area contributed by atoms with Gasteiger partial charge < -0.3 is 5.32 Å². The lowest BCUT2D eigenvalue weighted by Crippen LogP contribution is -2.34. The summed E-state index contributed by atoms with van der Waals surface area (Å²) in [5.74, 6) is 0. The fraction of sp³-hybridized carbons (Fsp3) is 0.714. The largest absolute Gasteiger partial charge is 0.309 e. The molecule has 2 rings (SSSR count). The van der Waals surface area contributed by atoms with Crippen molar-refractivity contribution < 1.29 is 8.42 Å². The van der Waals surface area contributed by atoms with Crippen molar-refractivity contribution in [1.82, 2.24) is 9.62 Å². The summed E-state index contributed by atoms with van der Waals surface area (Å²) in [6.45, 7) is 7.34. The van der Waals surface area contributed by atoms with Crippen LogP contribution in [-0.4, -0.2) is 32.4 Å². The molecule has 1 aliphatic rings. The fourth-order valence-corrected chi connectivity index (χ4v) is 6.09. The average molecular weight is 395 g/mol. The van der Waals surface area contributed by atoms with E-state index in [2.05, 4.69) is 21.2 Å². The number of halogens is 1. The maximum atomic E-state index is 12.7. The van der Waals surface area contributed by atoms with E-state index >= 15 is 0 Å². The van der Waals surface area contributed by atoms with E-state index < -0.39 is 10.0 Å². The van der Waals surface area contributed by atoms with Crippen LogP contribution in [0.25, 0.3) is 0 Å². The molecule has 1 heterocycles. The van der Waals surface area contributed by atoms with Gasteiger partial charge in [0.15, 0.2) is 0 Å². The number of hydrogen-bond acceptors (Lipinski definition) is 4. The van der Waals surface area contributed by atoms with Crippen molar-refractivity contribution in [2.24, 2.45) is 5.41 Å². The van der Waals surface area contributed by atoms with E-state index in [1.165, 1.54) is 28.5 Å². The van der Waals surface area contributed by atoms with E-state index in [1.54, 1.807) is 13.1 Å². The molecule has 0 amide bonds. The van der Waals surface area contributed by atoms with Crippen molar-refractivity contribution in [3.8, 4) is 0 Å². The van der Waals surface area contributed by atoms with Crippen LogP contribution in [0, 0.1) is 5.41 Å². The quantitative estimate of drug-likeness (QED) is 0.803. The Hall–Kier alpha value is 0.0500. The van der Waals surface area contributed by atoms with Gasteiger partial charge >= 0.3 is 0 Å². The Morgan fingerprint density at radius 2 is 2.05 bits per heavy atom. The molecule has 1 N–H and O–H groups in total. The molecule has 0 saturated heterocycles. The summed E-state index contributed by atoms with van der Waals surface area (Å²) < 4.78 is 27.5. The van der Waals surface area contributed by atoms with Gasteiger partial charge in [0, 0.05) is 31.1 Å². The van der Waals surface area contributed by atoms with Gasteiger partial charge in [0.1, 0.15) is 4.90 Å². The van der Waals surface area contributed by atoms with Gasteiger partial charge in [0.2, 0.25) is 10.0 Å². The van der Waals surface area contributed by atoms with E-state index in [0.29, 0.717) is 21.3 Å². The summed E-state index contributed by atoms with van der Waals surface area (Å²) in [5.41, 5.74) is -0.0688. The zero-order valence-corrected chi connectivity index (χ0v) is 16.2. The van der Waals surface area contributed by atoms with E-state index in [-0.39, 0.29) is 5.41 Å². The lowest BCUT2D eigenvalue weighted by Gasteiger charge is -2.25. The van der Waals surface area contributed by atoms with Gasteiger partial charge in [-0.2, -0.15) is 0 Å². The summed E-state index contributed by atoms with van der Waals surface area (Å²) in [6, 6.07) is 2.41. The molecule has 1 aromatic rings. The van der Waals surface area contributed by atoms with E-state index in [1.807, 2.05) is 20.8 Å². The maximum Gasteiger partial charge on any atom is 0.244 e. The molecule has 0 unspecified atom stereocenters. The highest BCUT2D eigenvalue weighted by molar-refractivity contribution is 9.11. The number of nitrogens with zero attached hydrogens (tertiary/aromatic N) is 1. The number of nitrogens with one attached hydrogen (secondary N) is 1. The van der Waals surface area contributed by atoms with Gasteiger partial charge in [-0.15, -0.1) is 11.3 Å². The first-order chi connectivity index (χ1) is 9.59. The van der Waals surface area contributed by atoms with Gasteiger partial charge in [-0.25, -0.2) is 12.7 Å². The third-order valence-corrected chi connectivity index (χ3v) is 7.29. The predicted octanol–water partition coefficient (Wildman–Crippen LogP) is 3.43. The minimum atomic E-state index is -3.44. The SMILES string of the molecule is CN(CC(C)(C)C)S(=O)(=O)c1cc(CNC2CC2)sc1Br. The summed E-state index contributed by atoms with van der Waals surface area (Å²) >= 11 is 4.90. The van der Waals surface area contributed by atoms with E-state index in [0.717, 1.165) is 11.4 Å². The molecule has 1 saturated carbocycles. The Kier molecular flexibility index (Phi) is 5.20. The standard InChI is InChI=1S/C14H23BrN2O2S2/c1-14(2,3)9-17(4)21(18,19)12-7-11(20-13(12)15)8-16-10-5-6-10/h7,10,16H,5-6,8-9H2,1-4H3. The van der Waals surface area contributed by atoms with Crippen LogP contribution in [0.2, 0.25) is 0 Å². The molecule has 1 fully saturated rings. The molecule has 1 aliphatic carbocycles. The summed E-state index contributed by atoms with van der Waals surface area (Å²) in [7, 11) is -1.79. The van der Waals surface area contributed by atoms with Crippen LogP contribution >= 0.6 is 27.3 Å². The number of rotatable bonds is 6. The summed E-state index contributed by atoms with van der Waals surface area (Å²) in [4.78, 5) is 1.43. The monoisotopic (exact) mass is 394 g/mol. The molecular weight excluding hydrogens is 372 g/mol. The van der Waals surface area contributed by atoms with Crippen LogP contribution in [0.3, 0.4) is 0 Å². The topological polar surface area (TPSA) is 49.4 Å². The lowest BCUT2D eigenvalue weighted by molar-refractivity contribution is 0.311. The van der Waals surface area contributed by atoms with Crippen LogP contribution in [0.5, 0.6) is 0 Å². The van der Waals surface area contributed by atoms with Crippen molar-refractivity contribution >= 4 is 37.3 Å². The molecule has 4 nitrogen and oxygen atoms in total. The normalized spacial score (nSPS) is 16.7. The lowest BCUT2D eigenvalue weighted by atomic mass is 9.97. The first-order valence-corrected chi connectivity index (χ1v) is 10.1. The Morgan fingerprint density at radius 1 is 1.43 bits per heavy atom. The van der Waals surface area contributed by atoms with Crippen LogP contribution in [0.15, 0.2) is 14.7 Å². The van der Waals surface area contributed by atoms with Crippen molar-refractivity contribution in [1.29, 1.82) is 0 Å². The third-order valence-electron chi connectivity index (χ3n) is 3.23. The second-order valence-corrected chi connectivity index (χ2v) is 11.3. The van der Waals surface area contributed by atoms with Crippen LogP contribution in [0.4, 0.5) is 0 Å². The predicted molar refractivity (Wildman–Crippen MR) is 91.2 cm³/mol. The Bertz CT molecular complexity index is 601. The molecule has 0 aromatic carbocycles. The van der Waals surface area contributed by atoms with Crippen LogP contribution < -0.4 is 5.32 Å². The molecule has 0 bridgehead atoms. The Balaban J connectivity index is 2.14. The Labute approximate surface area is 140 Å². The highest BCUT2D eigenvalue weighted by Crippen LogP contribution is 2.34. The highest BCUT2D eigenvalue weighted by atomic mass is 79.9. The summed E-state index contributed by atoms with van der Waals surface area (Å²) in [6.07, 6.45) is 2.46. The number of thiophene rings is 1. The van der Waals surface area contributed by atoms with Gasteiger partial charge in [-0.05, 0) is 40.3 Å². The van der Waals surface area contributed by atoms with Crippen LogP contribution in [0.1, 0.15) is 38.5 Å². The first-order valence-electron chi connectivity index (χ1n) is 7.07. The molecule has 0 atom stereocenters. The molecule has 1 aromatic heterocycles. The van der Waals surface area contributed by atoms with E-state index in [4.69, 9.17) is 0 Å². The molecule has 21 heavy (non-hydrogen) atoms.